The molecule has 0 aromatic heterocycles. The van der Waals surface area contributed by atoms with Crippen molar-refractivity contribution >= 4 is 18.1 Å². The second-order valence-electron chi connectivity index (χ2n) is 13.9. The first-order valence-corrected chi connectivity index (χ1v) is 17.8. The second-order valence-corrected chi connectivity index (χ2v) is 13.9. The number of alkyl carbamates (subject to hydrolysis) is 2. The molecule has 5 rings (SSSR count). The van der Waals surface area contributed by atoms with Gasteiger partial charge in [0.1, 0.15) is 12.2 Å². The molecule has 0 radical (unpaired) electrons. The number of carbonyl (C=O) groups excluding carboxylic acids is 3. The first-order chi connectivity index (χ1) is 24.7. The standard InChI is InChI=1S/C42H50N4O5/c1-42(2,3)51-41(49)43-25-15-14-24-38(39(47)44-27-31-18-8-5-9-19-31)46-32(26-30-16-6-4-7-17-30)28-45-40(48)50-29-37-35-22-12-10-20-33(35)34-21-11-13-23-36(34)37/h4-13,16-23,32,37-38,46H,14-15,24-29H2,1-3H3,(H,43,49)(H,44,47)(H,45,48)/t32-,38+/m1/s1. The molecule has 3 amide bonds. The normalized spacial score (nSPS) is 13.3. The summed E-state index contributed by atoms with van der Waals surface area (Å²) in [4.78, 5) is 38.9. The van der Waals surface area contributed by atoms with Crippen molar-refractivity contribution < 1.29 is 23.9 Å². The van der Waals surface area contributed by atoms with E-state index in [4.69, 9.17) is 9.47 Å². The molecular weight excluding hydrogens is 640 g/mol. The number of hydrogen-bond acceptors (Lipinski definition) is 6. The number of unbranched alkanes of at least 4 members (excludes halogenated alkanes) is 1. The van der Waals surface area contributed by atoms with Crippen LogP contribution in [0.2, 0.25) is 0 Å². The largest absolute Gasteiger partial charge is 0.449 e. The van der Waals surface area contributed by atoms with Crippen molar-refractivity contribution in [3.8, 4) is 11.1 Å². The fraction of sp³-hybridized carbons (Fsp3) is 0.357. The average molecular weight is 691 g/mol. The Morgan fingerprint density at radius 2 is 1.27 bits per heavy atom. The first-order valence-electron chi connectivity index (χ1n) is 17.8. The van der Waals surface area contributed by atoms with E-state index in [0.717, 1.165) is 22.3 Å². The van der Waals surface area contributed by atoms with Crippen molar-refractivity contribution in [2.24, 2.45) is 0 Å². The monoisotopic (exact) mass is 690 g/mol. The minimum atomic E-state index is -0.572. The van der Waals surface area contributed by atoms with Crippen molar-refractivity contribution in [2.75, 3.05) is 19.7 Å². The number of carbonyl (C=O) groups is 3. The van der Waals surface area contributed by atoms with Gasteiger partial charge in [-0.15, -0.1) is 0 Å². The van der Waals surface area contributed by atoms with Gasteiger partial charge in [0.2, 0.25) is 5.91 Å². The van der Waals surface area contributed by atoms with Gasteiger partial charge in [0, 0.05) is 31.6 Å². The van der Waals surface area contributed by atoms with E-state index in [-0.39, 0.29) is 31.0 Å². The molecule has 9 nitrogen and oxygen atoms in total. The van der Waals surface area contributed by atoms with E-state index in [1.807, 2.05) is 106 Å². The number of ether oxygens (including phenoxy) is 2. The van der Waals surface area contributed by atoms with Crippen molar-refractivity contribution in [2.45, 2.75) is 76.6 Å². The molecule has 0 unspecified atom stereocenters. The molecule has 0 fully saturated rings. The molecule has 4 N–H and O–H groups in total. The van der Waals surface area contributed by atoms with Crippen LogP contribution in [0.1, 0.15) is 68.2 Å². The summed E-state index contributed by atoms with van der Waals surface area (Å²) >= 11 is 0. The van der Waals surface area contributed by atoms with Crippen LogP contribution in [-0.2, 0) is 27.2 Å². The topological polar surface area (TPSA) is 118 Å². The lowest BCUT2D eigenvalue weighted by Crippen LogP contribution is -2.52. The number of fused-ring (bicyclic) bond motifs is 3. The Morgan fingerprint density at radius 3 is 1.90 bits per heavy atom. The Labute approximate surface area is 301 Å². The summed E-state index contributed by atoms with van der Waals surface area (Å²) in [7, 11) is 0. The third-order valence-corrected chi connectivity index (χ3v) is 8.81. The Bertz CT molecular complexity index is 1680. The van der Waals surface area contributed by atoms with E-state index in [9.17, 15) is 14.4 Å². The maximum Gasteiger partial charge on any atom is 0.407 e. The molecule has 0 saturated heterocycles. The molecular formula is C42H50N4O5. The van der Waals surface area contributed by atoms with Crippen molar-refractivity contribution in [1.82, 2.24) is 21.3 Å². The summed E-state index contributed by atoms with van der Waals surface area (Å²) in [5.41, 5.74) is 6.16. The maximum atomic E-state index is 13.6. The molecule has 0 bridgehead atoms. The quantitative estimate of drug-likeness (QED) is 0.0932. The van der Waals surface area contributed by atoms with Crippen LogP contribution in [0.5, 0.6) is 0 Å². The number of benzene rings is 4. The lowest BCUT2D eigenvalue weighted by molar-refractivity contribution is -0.123. The molecule has 0 aliphatic heterocycles. The fourth-order valence-corrected chi connectivity index (χ4v) is 6.41. The highest BCUT2D eigenvalue weighted by Crippen LogP contribution is 2.44. The van der Waals surface area contributed by atoms with E-state index in [2.05, 4.69) is 45.5 Å². The number of nitrogens with one attached hydrogen (secondary N) is 4. The highest BCUT2D eigenvalue weighted by molar-refractivity contribution is 5.82. The Morgan fingerprint density at radius 1 is 0.686 bits per heavy atom. The Balaban J connectivity index is 1.21. The van der Waals surface area contributed by atoms with Crippen LogP contribution in [0, 0.1) is 0 Å². The summed E-state index contributed by atoms with van der Waals surface area (Å²) in [5, 5.41) is 12.4. The van der Waals surface area contributed by atoms with Crippen molar-refractivity contribution in [3.05, 3.63) is 131 Å². The van der Waals surface area contributed by atoms with Crippen LogP contribution in [0.3, 0.4) is 0 Å². The summed E-state index contributed by atoms with van der Waals surface area (Å²) < 4.78 is 11.2. The van der Waals surface area contributed by atoms with Gasteiger partial charge in [-0.05, 0) is 79.8 Å². The Kier molecular flexibility index (Phi) is 13.2. The molecule has 1 aliphatic rings. The average Bonchev–Trinajstić information content (AvgIpc) is 3.44. The van der Waals surface area contributed by atoms with Gasteiger partial charge in [-0.3, -0.25) is 4.79 Å². The molecule has 4 aromatic carbocycles. The zero-order valence-corrected chi connectivity index (χ0v) is 29.8. The van der Waals surface area contributed by atoms with E-state index in [1.54, 1.807) is 0 Å². The van der Waals surface area contributed by atoms with Crippen LogP contribution < -0.4 is 21.3 Å². The van der Waals surface area contributed by atoms with Crippen LogP contribution in [0.4, 0.5) is 9.59 Å². The third kappa shape index (κ3) is 11.4. The first kappa shape index (κ1) is 37.1. The van der Waals surface area contributed by atoms with E-state index in [1.165, 1.54) is 11.1 Å². The second kappa shape index (κ2) is 18.2. The molecule has 0 heterocycles. The fourth-order valence-electron chi connectivity index (χ4n) is 6.41. The molecule has 2 atom stereocenters. The summed E-state index contributed by atoms with van der Waals surface area (Å²) in [5.74, 6) is -0.165. The lowest BCUT2D eigenvalue weighted by atomic mass is 9.98. The van der Waals surface area contributed by atoms with Gasteiger partial charge >= 0.3 is 12.2 Å². The zero-order valence-electron chi connectivity index (χ0n) is 29.8. The minimum absolute atomic E-state index is 0.0381. The summed E-state index contributed by atoms with van der Waals surface area (Å²) in [6.07, 6.45) is 1.52. The van der Waals surface area contributed by atoms with Gasteiger partial charge in [-0.25, -0.2) is 9.59 Å². The van der Waals surface area contributed by atoms with Crippen LogP contribution in [0.25, 0.3) is 11.1 Å². The van der Waals surface area contributed by atoms with Crippen LogP contribution in [-0.4, -0.2) is 55.5 Å². The van der Waals surface area contributed by atoms with E-state index in [0.29, 0.717) is 38.8 Å². The van der Waals surface area contributed by atoms with Gasteiger partial charge in [0.15, 0.2) is 0 Å². The Hall–Kier alpha value is -5.15. The number of hydrogen-bond donors (Lipinski definition) is 4. The van der Waals surface area contributed by atoms with Gasteiger partial charge in [-0.1, -0.05) is 109 Å². The zero-order chi connectivity index (χ0) is 36.1. The molecule has 51 heavy (non-hydrogen) atoms. The lowest BCUT2D eigenvalue weighted by Gasteiger charge is -2.26. The molecule has 268 valence electrons. The molecule has 0 spiro atoms. The van der Waals surface area contributed by atoms with Gasteiger partial charge in [-0.2, -0.15) is 0 Å². The van der Waals surface area contributed by atoms with Gasteiger partial charge in [0.25, 0.3) is 0 Å². The SMILES string of the molecule is CC(C)(C)OC(=O)NCCCC[C@H](N[C@@H](CNC(=O)OCC1c2ccccc2-c2ccccc21)Cc1ccccc1)C(=O)NCc1ccccc1. The van der Waals surface area contributed by atoms with Crippen LogP contribution >= 0.6 is 0 Å². The molecule has 9 heteroatoms. The van der Waals surface area contributed by atoms with Crippen molar-refractivity contribution in [3.63, 3.8) is 0 Å². The molecule has 0 saturated carbocycles. The predicted molar refractivity (Wildman–Crippen MR) is 200 cm³/mol. The highest BCUT2D eigenvalue weighted by atomic mass is 16.6. The number of amides is 3. The minimum Gasteiger partial charge on any atom is -0.449 e. The van der Waals surface area contributed by atoms with Crippen molar-refractivity contribution in [1.29, 1.82) is 0 Å². The smallest absolute Gasteiger partial charge is 0.407 e. The third-order valence-electron chi connectivity index (χ3n) is 8.81. The van der Waals surface area contributed by atoms with Gasteiger partial charge in [0.05, 0.1) is 6.04 Å². The molecule has 1 aliphatic carbocycles. The van der Waals surface area contributed by atoms with Crippen LogP contribution in [0.15, 0.2) is 109 Å². The summed E-state index contributed by atoms with van der Waals surface area (Å²) in [6.45, 7) is 6.79. The van der Waals surface area contributed by atoms with E-state index >= 15 is 0 Å². The molecule has 4 aromatic rings. The maximum absolute atomic E-state index is 13.6. The number of rotatable bonds is 16. The van der Waals surface area contributed by atoms with Gasteiger partial charge < -0.3 is 30.7 Å². The predicted octanol–water partition coefficient (Wildman–Crippen LogP) is 7.11. The van der Waals surface area contributed by atoms with E-state index < -0.39 is 23.8 Å². The summed E-state index contributed by atoms with van der Waals surface area (Å²) in [6, 6.07) is 35.5. The highest BCUT2D eigenvalue weighted by Gasteiger charge is 2.29.